The number of nitrogens with two attached hydrogens (primary N) is 1. The highest BCUT2D eigenvalue weighted by atomic mass is 19.1. The Hall–Kier alpha value is -3.29. The molecule has 0 spiro atoms. The molecule has 0 saturated carbocycles. The molecule has 30 heavy (non-hydrogen) atoms. The maximum atomic E-state index is 13.6. The van der Waals surface area contributed by atoms with Crippen LogP contribution in [0.4, 0.5) is 20.6 Å². The number of rotatable bonds is 7. The quantitative estimate of drug-likeness (QED) is 0.726. The van der Waals surface area contributed by atoms with Gasteiger partial charge in [0.2, 0.25) is 5.91 Å². The van der Waals surface area contributed by atoms with Crippen molar-refractivity contribution in [2.24, 2.45) is 5.73 Å². The average molecular weight is 414 g/mol. The third-order valence-electron chi connectivity index (χ3n) is 5.09. The van der Waals surface area contributed by atoms with E-state index in [9.17, 15) is 14.0 Å². The molecule has 0 aliphatic carbocycles. The van der Waals surface area contributed by atoms with Crippen molar-refractivity contribution >= 4 is 23.3 Å². The molecule has 0 atom stereocenters. The fraction of sp³-hybridized carbons (Fsp3) is 0.364. The van der Waals surface area contributed by atoms with Crippen LogP contribution in [-0.4, -0.2) is 50.1 Å². The average Bonchev–Trinajstić information content (AvgIpc) is 2.75. The van der Waals surface area contributed by atoms with Crippen LogP contribution in [0.1, 0.15) is 29.6 Å². The molecule has 1 aliphatic rings. The molecule has 0 aromatic heterocycles. The highest BCUT2D eigenvalue weighted by Crippen LogP contribution is 2.30. The molecular formula is C22H27FN4O3. The molecule has 3 rings (SSSR count). The molecule has 8 heteroatoms. The Balaban J connectivity index is 1.65. The first-order valence-electron chi connectivity index (χ1n) is 10.0. The van der Waals surface area contributed by atoms with Gasteiger partial charge in [-0.2, -0.15) is 0 Å². The third kappa shape index (κ3) is 5.40. The summed E-state index contributed by atoms with van der Waals surface area (Å²) in [4.78, 5) is 27.9. The van der Waals surface area contributed by atoms with Crippen LogP contribution in [0.25, 0.3) is 0 Å². The number of urea groups is 1. The first-order chi connectivity index (χ1) is 14.5. The second-order valence-corrected chi connectivity index (χ2v) is 7.27. The van der Waals surface area contributed by atoms with Crippen molar-refractivity contribution in [2.45, 2.75) is 19.3 Å². The van der Waals surface area contributed by atoms with Crippen molar-refractivity contribution in [1.82, 2.24) is 4.90 Å². The zero-order valence-electron chi connectivity index (χ0n) is 17.1. The van der Waals surface area contributed by atoms with E-state index < -0.39 is 11.7 Å². The van der Waals surface area contributed by atoms with E-state index in [1.807, 2.05) is 6.07 Å². The highest BCUT2D eigenvalue weighted by molar-refractivity contribution is 5.98. The minimum absolute atomic E-state index is 0.144. The van der Waals surface area contributed by atoms with Crippen molar-refractivity contribution in [3.8, 4) is 5.75 Å². The Morgan fingerprint density at radius 1 is 1.17 bits per heavy atom. The minimum atomic E-state index is -0.553. The molecule has 1 fully saturated rings. The molecule has 2 aromatic carbocycles. The SMILES string of the molecule is CN(CCOc1ccccc1F)C(=O)Nc1cc(C(N)=O)ccc1N1CCCCC1. The molecule has 0 bridgehead atoms. The summed E-state index contributed by atoms with van der Waals surface area (Å²) in [7, 11) is 1.62. The molecule has 3 N–H and O–H groups in total. The van der Waals surface area contributed by atoms with Crippen LogP contribution in [0.5, 0.6) is 5.75 Å². The highest BCUT2D eigenvalue weighted by Gasteiger charge is 2.19. The van der Waals surface area contributed by atoms with Crippen LogP contribution in [0.15, 0.2) is 42.5 Å². The smallest absolute Gasteiger partial charge is 0.321 e. The van der Waals surface area contributed by atoms with E-state index in [4.69, 9.17) is 10.5 Å². The number of halogens is 1. The second kappa shape index (κ2) is 9.96. The molecule has 0 radical (unpaired) electrons. The van der Waals surface area contributed by atoms with Gasteiger partial charge >= 0.3 is 6.03 Å². The van der Waals surface area contributed by atoms with Gasteiger partial charge in [0.15, 0.2) is 11.6 Å². The van der Waals surface area contributed by atoms with E-state index in [0.29, 0.717) is 11.3 Å². The molecular weight excluding hydrogens is 387 g/mol. The Morgan fingerprint density at radius 2 is 1.90 bits per heavy atom. The van der Waals surface area contributed by atoms with Gasteiger partial charge in [-0.1, -0.05) is 12.1 Å². The van der Waals surface area contributed by atoms with Crippen LogP contribution in [-0.2, 0) is 0 Å². The number of nitrogens with zero attached hydrogens (tertiary/aromatic N) is 2. The number of hydrogen-bond donors (Lipinski definition) is 2. The van der Waals surface area contributed by atoms with Crippen molar-refractivity contribution in [1.29, 1.82) is 0 Å². The summed E-state index contributed by atoms with van der Waals surface area (Å²) in [6.07, 6.45) is 3.35. The lowest BCUT2D eigenvalue weighted by atomic mass is 10.1. The second-order valence-electron chi connectivity index (χ2n) is 7.27. The first kappa shape index (κ1) is 21.4. The minimum Gasteiger partial charge on any atom is -0.489 e. The molecule has 1 heterocycles. The van der Waals surface area contributed by atoms with Crippen LogP contribution in [0, 0.1) is 5.82 Å². The maximum absolute atomic E-state index is 13.6. The Kier molecular flexibility index (Phi) is 7.11. The van der Waals surface area contributed by atoms with E-state index in [1.165, 1.54) is 23.5 Å². The first-order valence-corrected chi connectivity index (χ1v) is 10.0. The maximum Gasteiger partial charge on any atom is 0.321 e. The number of anilines is 2. The lowest BCUT2D eigenvalue weighted by molar-refractivity contribution is 0.1000. The topological polar surface area (TPSA) is 87.9 Å². The molecule has 3 amide bonds. The number of hydrogen-bond acceptors (Lipinski definition) is 4. The van der Waals surface area contributed by atoms with Gasteiger partial charge in [-0.25, -0.2) is 9.18 Å². The van der Waals surface area contributed by atoms with Crippen LogP contribution in [0.3, 0.4) is 0 Å². The Morgan fingerprint density at radius 3 is 2.60 bits per heavy atom. The number of likely N-dealkylation sites (N-methyl/N-ethyl adjacent to an activating group) is 1. The number of para-hydroxylation sites is 1. The number of nitrogens with one attached hydrogen (secondary N) is 1. The van der Waals surface area contributed by atoms with E-state index in [0.717, 1.165) is 31.6 Å². The van der Waals surface area contributed by atoms with Crippen molar-refractivity contribution in [3.05, 3.63) is 53.8 Å². The summed E-state index contributed by atoms with van der Waals surface area (Å²) in [5.41, 5.74) is 7.15. The number of carbonyl (C=O) groups is 2. The van der Waals surface area contributed by atoms with E-state index in [1.54, 1.807) is 31.3 Å². The Bertz CT molecular complexity index is 900. The molecule has 1 aliphatic heterocycles. The number of carbonyl (C=O) groups excluding carboxylic acids is 2. The summed E-state index contributed by atoms with van der Waals surface area (Å²) in [5.74, 6) is -0.853. The summed E-state index contributed by atoms with van der Waals surface area (Å²) >= 11 is 0. The molecule has 7 nitrogen and oxygen atoms in total. The largest absolute Gasteiger partial charge is 0.489 e. The Labute approximate surface area is 175 Å². The number of piperidine rings is 1. The fourth-order valence-electron chi connectivity index (χ4n) is 3.37. The predicted octanol–water partition coefficient (Wildman–Crippen LogP) is 3.46. The molecule has 160 valence electrons. The summed E-state index contributed by atoms with van der Waals surface area (Å²) in [6.45, 7) is 2.19. The van der Waals surface area contributed by atoms with Crippen LogP contribution >= 0.6 is 0 Å². The lowest BCUT2D eigenvalue weighted by Gasteiger charge is -2.31. The fourth-order valence-corrected chi connectivity index (χ4v) is 3.37. The van der Waals surface area contributed by atoms with Gasteiger partial charge in [0.05, 0.1) is 17.9 Å². The summed E-state index contributed by atoms with van der Waals surface area (Å²) in [5, 5.41) is 2.87. The van der Waals surface area contributed by atoms with Gasteiger partial charge in [0.25, 0.3) is 0 Å². The number of primary amides is 1. The molecule has 1 saturated heterocycles. The van der Waals surface area contributed by atoms with Gasteiger partial charge in [-0.3, -0.25) is 4.79 Å². The lowest BCUT2D eigenvalue weighted by Crippen LogP contribution is -2.36. The van der Waals surface area contributed by atoms with Gasteiger partial charge in [-0.05, 0) is 49.6 Å². The predicted molar refractivity (Wildman–Crippen MR) is 115 cm³/mol. The molecule has 0 unspecified atom stereocenters. The number of amides is 3. The summed E-state index contributed by atoms with van der Waals surface area (Å²) < 4.78 is 19.0. The van der Waals surface area contributed by atoms with Crippen molar-refractivity contribution in [3.63, 3.8) is 0 Å². The third-order valence-corrected chi connectivity index (χ3v) is 5.09. The van der Waals surface area contributed by atoms with E-state index >= 15 is 0 Å². The zero-order valence-corrected chi connectivity index (χ0v) is 17.1. The van der Waals surface area contributed by atoms with Gasteiger partial charge < -0.3 is 25.6 Å². The monoisotopic (exact) mass is 414 g/mol. The number of ether oxygens (including phenoxy) is 1. The van der Waals surface area contributed by atoms with E-state index in [2.05, 4.69) is 10.2 Å². The van der Waals surface area contributed by atoms with Gasteiger partial charge in [-0.15, -0.1) is 0 Å². The zero-order chi connectivity index (χ0) is 21.5. The molecule has 2 aromatic rings. The van der Waals surface area contributed by atoms with Crippen LogP contribution in [0.2, 0.25) is 0 Å². The van der Waals surface area contributed by atoms with Gasteiger partial charge in [0, 0.05) is 25.7 Å². The van der Waals surface area contributed by atoms with Crippen molar-refractivity contribution < 1.29 is 18.7 Å². The van der Waals surface area contributed by atoms with Gasteiger partial charge in [0.1, 0.15) is 6.61 Å². The standard InChI is InChI=1S/C22H27FN4O3/c1-26(13-14-30-20-8-4-3-7-17(20)23)22(29)25-18-15-16(21(24)28)9-10-19(18)27-11-5-2-6-12-27/h3-4,7-10,15H,2,5-6,11-14H2,1H3,(H2,24,28)(H,25,29). The van der Waals surface area contributed by atoms with Crippen molar-refractivity contribution in [2.75, 3.05) is 43.5 Å². The van der Waals surface area contributed by atoms with E-state index in [-0.39, 0.29) is 24.9 Å². The van der Waals surface area contributed by atoms with Crippen LogP contribution < -0.4 is 20.7 Å². The summed E-state index contributed by atoms with van der Waals surface area (Å²) in [6, 6.07) is 10.9. The number of benzene rings is 2. The normalized spacial score (nSPS) is 13.6.